The number of allylic oxidation sites excluding steroid dienone is 1. The van der Waals surface area contributed by atoms with Crippen LogP contribution in [0.3, 0.4) is 0 Å². The molecule has 0 heterocycles. The molecule has 1 aliphatic carbocycles. The van der Waals surface area contributed by atoms with E-state index in [0.717, 1.165) is 50.5 Å². The summed E-state index contributed by atoms with van der Waals surface area (Å²) in [4.78, 5) is -0.538. The van der Waals surface area contributed by atoms with Gasteiger partial charge in [0, 0.05) is 6.26 Å². The van der Waals surface area contributed by atoms with Crippen LogP contribution in [-0.2, 0) is 9.84 Å². The van der Waals surface area contributed by atoms with Gasteiger partial charge in [-0.3, -0.25) is 0 Å². The minimum Gasteiger partial charge on any atom is -0.404 e. The van der Waals surface area contributed by atoms with Crippen LogP contribution in [0.25, 0.3) is 5.57 Å². The third-order valence-corrected chi connectivity index (χ3v) is 5.33. The Morgan fingerprint density at radius 3 is 2.44 bits per heavy atom. The topological polar surface area (TPSA) is 63.6 Å². The summed E-state index contributed by atoms with van der Waals surface area (Å²) in [6.07, 6.45) is 2.93. The number of aliphatic hydroxyl groups excluding tert-OH is 1. The van der Waals surface area contributed by atoms with E-state index < -0.39 is 26.8 Å². The molecule has 1 N–H and O–H groups in total. The van der Waals surface area contributed by atoms with Crippen LogP contribution in [0.5, 0.6) is 5.75 Å². The standard InChI is InChI=1S/C17H21F3O4S/c1-25(22,23)16-8-7-13(10-15(16)24-17(18,19)20)14(11-21)9-12-5-3-2-4-6-12/h7-10,12,21H,2-6,11H2,1H3. The Morgan fingerprint density at radius 1 is 1.28 bits per heavy atom. The molecule has 2 rings (SSSR count). The molecular formula is C17H21F3O4S. The van der Waals surface area contributed by atoms with Gasteiger partial charge in [0.2, 0.25) is 0 Å². The molecule has 0 amide bonds. The zero-order valence-corrected chi connectivity index (χ0v) is 14.7. The minimum absolute atomic E-state index is 0.262. The SMILES string of the molecule is CS(=O)(=O)c1ccc(C(=CC2CCCCC2)CO)cc1OC(F)(F)F. The number of aliphatic hydroxyl groups is 1. The lowest BCUT2D eigenvalue weighted by Gasteiger charge is -2.20. The zero-order chi connectivity index (χ0) is 18.7. The van der Waals surface area contributed by atoms with Crippen molar-refractivity contribution in [2.75, 3.05) is 12.9 Å². The molecule has 25 heavy (non-hydrogen) atoms. The maximum Gasteiger partial charge on any atom is 0.573 e. The number of hydrogen-bond acceptors (Lipinski definition) is 4. The number of sulfone groups is 1. The minimum atomic E-state index is -5.01. The second-order valence-corrected chi connectivity index (χ2v) is 8.21. The van der Waals surface area contributed by atoms with E-state index in [1.807, 2.05) is 6.08 Å². The number of ether oxygens (including phenoxy) is 1. The summed E-state index contributed by atoms with van der Waals surface area (Å²) < 4.78 is 65.1. The largest absolute Gasteiger partial charge is 0.573 e. The fourth-order valence-corrected chi connectivity index (χ4v) is 3.83. The Hall–Kier alpha value is -1.54. The molecular weight excluding hydrogens is 357 g/mol. The maximum atomic E-state index is 12.6. The molecule has 1 aromatic rings. The van der Waals surface area contributed by atoms with Gasteiger partial charge in [-0.25, -0.2) is 8.42 Å². The van der Waals surface area contributed by atoms with E-state index in [4.69, 9.17) is 0 Å². The van der Waals surface area contributed by atoms with Crippen molar-refractivity contribution in [1.82, 2.24) is 0 Å². The summed E-state index contributed by atoms with van der Waals surface area (Å²) in [6, 6.07) is 3.50. The van der Waals surface area contributed by atoms with Crippen LogP contribution >= 0.6 is 0 Å². The van der Waals surface area contributed by atoms with Gasteiger partial charge in [0.15, 0.2) is 9.84 Å². The molecule has 0 aliphatic heterocycles. The molecule has 1 saturated carbocycles. The summed E-state index contributed by atoms with van der Waals surface area (Å²) in [6.45, 7) is -0.347. The van der Waals surface area contributed by atoms with Gasteiger partial charge in [-0.05, 0) is 42.0 Å². The van der Waals surface area contributed by atoms with Crippen molar-refractivity contribution in [3.8, 4) is 5.75 Å². The normalized spacial score (nSPS) is 17.6. The van der Waals surface area contributed by atoms with E-state index in [2.05, 4.69) is 4.74 Å². The van der Waals surface area contributed by atoms with Gasteiger partial charge in [0.05, 0.1) is 6.61 Å². The molecule has 0 saturated heterocycles. The molecule has 0 atom stereocenters. The number of hydrogen-bond donors (Lipinski definition) is 1. The fourth-order valence-electron chi connectivity index (χ4n) is 3.04. The van der Waals surface area contributed by atoms with E-state index in [-0.39, 0.29) is 12.5 Å². The summed E-state index contributed by atoms with van der Waals surface area (Å²) in [5.41, 5.74) is 0.790. The van der Waals surface area contributed by atoms with Crippen LogP contribution in [0.15, 0.2) is 29.2 Å². The molecule has 4 nitrogen and oxygen atoms in total. The smallest absolute Gasteiger partial charge is 0.404 e. The van der Waals surface area contributed by atoms with Crippen molar-refractivity contribution in [2.24, 2.45) is 5.92 Å². The number of benzene rings is 1. The molecule has 1 aromatic carbocycles. The van der Waals surface area contributed by atoms with Gasteiger partial charge in [0.25, 0.3) is 0 Å². The highest BCUT2D eigenvalue weighted by atomic mass is 32.2. The fraction of sp³-hybridized carbons (Fsp3) is 0.529. The van der Waals surface area contributed by atoms with Gasteiger partial charge in [-0.15, -0.1) is 13.2 Å². The Bertz CT molecular complexity index is 733. The van der Waals surface area contributed by atoms with E-state index in [1.165, 1.54) is 6.07 Å². The number of rotatable bonds is 5. The molecule has 1 fully saturated rings. The molecule has 8 heteroatoms. The summed E-state index contributed by atoms with van der Waals surface area (Å²) in [7, 11) is -3.89. The Morgan fingerprint density at radius 2 is 1.92 bits per heavy atom. The van der Waals surface area contributed by atoms with Gasteiger partial charge in [-0.2, -0.15) is 0 Å². The summed E-state index contributed by atoms with van der Waals surface area (Å²) in [5, 5.41) is 9.61. The zero-order valence-electron chi connectivity index (χ0n) is 13.8. The van der Waals surface area contributed by atoms with Gasteiger partial charge in [0.1, 0.15) is 10.6 Å². The van der Waals surface area contributed by atoms with Crippen LogP contribution in [0, 0.1) is 5.92 Å². The lowest BCUT2D eigenvalue weighted by atomic mass is 9.87. The second kappa shape index (κ2) is 7.78. The number of alkyl halides is 3. The Labute approximate surface area is 145 Å². The highest BCUT2D eigenvalue weighted by Gasteiger charge is 2.33. The van der Waals surface area contributed by atoms with E-state index in [9.17, 15) is 26.7 Å². The molecule has 0 unspecified atom stereocenters. The first-order chi connectivity index (χ1) is 11.6. The summed E-state index contributed by atoms with van der Waals surface area (Å²) >= 11 is 0. The van der Waals surface area contributed by atoms with Gasteiger partial charge in [-0.1, -0.05) is 31.4 Å². The molecule has 1 aliphatic rings. The summed E-state index contributed by atoms with van der Waals surface area (Å²) in [5.74, 6) is -0.520. The first-order valence-electron chi connectivity index (χ1n) is 8.02. The van der Waals surface area contributed by atoms with Crippen molar-refractivity contribution in [1.29, 1.82) is 0 Å². The average molecular weight is 378 g/mol. The third kappa shape index (κ3) is 5.74. The quantitative estimate of drug-likeness (QED) is 0.843. The molecule has 0 radical (unpaired) electrons. The first-order valence-corrected chi connectivity index (χ1v) is 9.91. The van der Waals surface area contributed by atoms with E-state index in [1.54, 1.807) is 0 Å². The van der Waals surface area contributed by atoms with Crippen molar-refractivity contribution >= 4 is 15.4 Å². The Kier molecular flexibility index (Phi) is 6.16. The van der Waals surface area contributed by atoms with Crippen LogP contribution in [0.1, 0.15) is 37.7 Å². The first kappa shape index (κ1) is 19.8. The predicted octanol–water partition coefficient (Wildman–Crippen LogP) is 3.94. The second-order valence-electron chi connectivity index (χ2n) is 6.23. The predicted molar refractivity (Wildman–Crippen MR) is 87.9 cm³/mol. The van der Waals surface area contributed by atoms with E-state index in [0.29, 0.717) is 11.1 Å². The van der Waals surface area contributed by atoms with Gasteiger partial charge >= 0.3 is 6.36 Å². The van der Waals surface area contributed by atoms with Crippen molar-refractivity contribution in [3.05, 3.63) is 29.8 Å². The highest BCUT2D eigenvalue weighted by Crippen LogP contribution is 2.34. The average Bonchev–Trinajstić information content (AvgIpc) is 2.51. The Balaban J connectivity index is 2.43. The monoisotopic (exact) mass is 378 g/mol. The van der Waals surface area contributed by atoms with Crippen molar-refractivity contribution < 1.29 is 31.4 Å². The molecule has 0 bridgehead atoms. The van der Waals surface area contributed by atoms with Gasteiger partial charge < -0.3 is 9.84 Å². The van der Waals surface area contributed by atoms with Crippen LogP contribution in [0.2, 0.25) is 0 Å². The molecule has 0 spiro atoms. The third-order valence-electron chi connectivity index (χ3n) is 4.20. The van der Waals surface area contributed by atoms with E-state index >= 15 is 0 Å². The van der Waals surface area contributed by atoms with Crippen LogP contribution < -0.4 is 4.74 Å². The molecule has 140 valence electrons. The lowest BCUT2D eigenvalue weighted by Crippen LogP contribution is -2.19. The van der Waals surface area contributed by atoms with Crippen LogP contribution in [0.4, 0.5) is 13.2 Å². The lowest BCUT2D eigenvalue weighted by molar-refractivity contribution is -0.275. The highest BCUT2D eigenvalue weighted by molar-refractivity contribution is 7.90. The van der Waals surface area contributed by atoms with Crippen molar-refractivity contribution in [2.45, 2.75) is 43.4 Å². The molecule has 0 aromatic heterocycles. The maximum absolute atomic E-state index is 12.6. The van der Waals surface area contributed by atoms with Crippen molar-refractivity contribution in [3.63, 3.8) is 0 Å². The van der Waals surface area contributed by atoms with Crippen LogP contribution in [-0.4, -0.2) is 32.7 Å². The number of halogens is 3.